The van der Waals surface area contributed by atoms with Crippen LogP contribution in [0.3, 0.4) is 0 Å². The molecule has 0 aromatic heterocycles. The average molecular weight is 449 g/mol. The molecule has 2 aliphatic carbocycles. The van der Waals surface area contributed by atoms with E-state index in [-0.39, 0.29) is 29.1 Å². The van der Waals surface area contributed by atoms with Crippen LogP contribution in [0.1, 0.15) is 66.9 Å². The maximum absolute atomic E-state index is 15.5. The van der Waals surface area contributed by atoms with Gasteiger partial charge in [-0.25, -0.2) is 4.39 Å². The third kappa shape index (κ3) is 4.27. The Morgan fingerprint density at radius 3 is 1.97 bits per heavy atom. The lowest BCUT2D eigenvalue weighted by Gasteiger charge is -2.40. The minimum atomic E-state index is -4.82. The third-order valence-electron chi connectivity index (χ3n) is 6.85. The molecule has 1 N–H and O–H groups in total. The minimum Gasteiger partial charge on any atom is -0.376 e. The van der Waals surface area contributed by atoms with E-state index in [4.69, 9.17) is 0 Å². The van der Waals surface area contributed by atoms with Crippen LogP contribution in [0.4, 0.5) is 17.6 Å². The summed E-state index contributed by atoms with van der Waals surface area (Å²) in [6.45, 7) is 0.693. The fourth-order valence-corrected chi connectivity index (χ4v) is 4.60. The molecule has 4 rings (SSSR count). The van der Waals surface area contributed by atoms with E-state index in [1.54, 1.807) is 12.1 Å². The fourth-order valence-electron chi connectivity index (χ4n) is 4.60. The number of amides is 1. The van der Waals surface area contributed by atoms with E-state index < -0.39 is 17.4 Å². The lowest BCUT2D eigenvalue weighted by Crippen LogP contribution is -2.45. The summed E-state index contributed by atoms with van der Waals surface area (Å²) < 4.78 is 54.8. The molecule has 0 bridgehead atoms. The minimum absolute atomic E-state index is 0.0919. The van der Waals surface area contributed by atoms with E-state index in [2.05, 4.69) is 0 Å². The standard InChI is InChI=1S/C25H27F4NO2/c1-23(32,25(27,28)29)18-9-7-17(8-10-18)22(31)30(20-11-12-20)21-13-15-24(26,16-14-21)19-5-3-2-4-6-19/h2-10,20-21,32H,11-16H2,1H3/t21-,23-,24+/m0/s1. The van der Waals surface area contributed by atoms with Crippen LogP contribution in [0.15, 0.2) is 54.6 Å². The zero-order valence-electron chi connectivity index (χ0n) is 17.9. The summed E-state index contributed by atoms with van der Waals surface area (Å²) in [4.78, 5) is 15.1. The van der Waals surface area contributed by atoms with Gasteiger partial charge in [0.15, 0.2) is 5.60 Å². The predicted molar refractivity (Wildman–Crippen MR) is 113 cm³/mol. The van der Waals surface area contributed by atoms with Gasteiger partial charge in [-0.2, -0.15) is 13.2 Å². The first-order chi connectivity index (χ1) is 15.0. The van der Waals surface area contributed by atoms with E-state index >= 15 is 4.39 Å². The Hall–Kier alpha value is -2.41. The van der Waals surface area contributed by atoms with E-state index in [9.17, 15) is 23.1 Å². The van der Waals surface area contributed by atoms with Gasteiger partial charge in [0.1, 0.15) is 5.67 Å². The van der Waals surface area contributed by atoms with Crippen LogP contribution in [0.25, 0.3) is 0 Å². The third-order valence-corrected chi connectivity index (χ3v) is 6.85. The number of alkyl halides is 4. The van der Waals surface area contributed by atoms with Gasteiger partial charge in [0.25, 0.3) is 5.91 Å². The van der Waals surface area contributed by atoms with Crippen molar-refractivity contribution >= 4 is 5.91 Å². The zero-order valence-corrected chi connectivity index (χ0v) is 17.9. The highest BCUT2D eigenvalue weighted by Crippen LogP contribution is 2.44. The summed E-state index contributed by atoms with van der Waals surface area (Å²) in [5, 5.41) is 9.85. The highest BCUT2D eigenvalue weighted by molar-refractivity contribution is 5.95. The molecule has 172 valence electrons. The number of aliphatic hydroxyl groups is 1. The molecular weight excluding hydrogens is 422 g/mol. The van der Waals surface area contributed by atoms with Gasteiger partial charge in [-0.3, -0.25) is 4.79 Å². The van der Waals surface area contributed by atoms with Crippen molar-refractivity contribution in [1.29, 1.82) is 0 Å². The molecule has 1 atom stereocenters. The second kappa shape index (κ2) is 8.18. The maximum atomic E-state index is 15.5. The number of halogens is 4. The Bertz CT molecular complexity index is 944. The summed E-state index contributed by atoms with van der Waals surface area (Å²) in [7, 11) is 0. The molecule has 0 aliphatic heterocycles. The quantitative estimate of drug-likeness (QED) is 0.580. The molecule has 2 aliphatic rings. The Labute approximate surface area is 185 Å². The van der Waals surface area contributed by atoms with Crippen molar-refractivity contribution in [3.8, 4) is 0 Å². The van der Waals surface area contributed by atoms with Crippen molar-refractivity contribution in [2.45, 2.75) is 75.0 Å². The Morgan fingerprint density at radius 1 is 0.938 bits per heavy atom. The molecular formula is C25H27F4NO2. The van der Waals surface area contributed by atoms with Gasteiger partial charge in [0, 0.05) is 17.6 Å². The number of rotatable bonds is 5. The molecule has 2 saturated carbocycles. The van der Waals surface area contributed by atoms with Crippen molar-refractivity contribution < 1.29 is 27.5 Å². The van der Waals surface area contributed by atoms with Crippen LogP contribution in [0.5, 0.6) is 0 Å². The average Bonchev–Trinajstić information content (AvgIpc) is 3.60. The molecule has 3 nitrogen and oxygen atoms in total. The Balaban J connectivity index is 1.49. The van der Waals surface area contributed by atoms with Crippen molar-refractivity contribution in [3.05, 3.63) is 71.3 Å². The first-order valence-electron chi connectivity index (χ1n) is 11.0. The SMILES string of the molecule is C[C@](O)(c1ccc(C(=O)N(C2CC2)[C@H]2CC[C@](F)(c3ccccc3)CC2)cc1)C(F)(F)F. The summed E-state index contributed by atoms with van der Waals surface area (Å²) in [6, 6.07) is 14.0. The predicted octanol–water partition coefficient (Wildman–Crippen LogP) is 5.87. The van der Waals surface area contributed by atoms with E-state index in [1.165, 1.54) is 12.1 Å². The summed E-state index contributed by atoms with van der Waals surface area (Å²) >= 11 is 0. The monoisotopic (exact) mass is 449 g/mol. The fraction of sp³-hybridized carbons (Fsp3) is 0.480. The second-order valence-electron chi connectivity index (χ2n) is 9.15. The van der Waals surface area contributed by atoms with Crippen molar-refractivity contribution in [1.82, 2.24) is 4.90 Å². The Kier molecular flexibility index (Phi) is 5.82. The highest BCUT2D eigenvalue weighted by Gasteiger charge is 2.51. The topological polar surface area (TPSA) is 40.5 Å². The molecule has 0 saturated heterocycles. The number of benzene rings is 2. The highest BCUT2D eigenvalue weighted by atomic mass is 19.4. The Morgan fingerprint density at radius 2 is 1.47 bits per heavy atom. The molecule has 32 heavy (non-hydrogen) atoms. The van der Waals surface area contributed by atoms with E-state index in [1.807, 2.05) is 23.1 Å². The van der Waals surface area contributed by atoms with Gasteiger partial charge < -0.3 is 10.0 Å². The van der Waals surface area contributed by atoms with E-state index in [0.29, 0.717) is 38.2 Å². The summed E-state index contributed by atoms with van der Waals surface area (Å²) in [5.41, 5.74) is -3.77. The smallest absolute Gasteiger partial charge is 0.376 e. The number of nitrogens with zero attached hydrogens (tertiary/aromatic N) is 1. The van der Waals surface area contributed by atoms with Gasteiger partial charge in [-0.05, 0) is 68.7 Å². The molecule has 2 aromatic carbocycles. The number of hydrogen-bond acceptors (Lipinski definition) is 2. The molecule has 2 fully saturated rings. The number of carbonyl (C=O) groups excluding carboxylic acids is 1. The molecule has 1 amide bonds. The van der Waals surface area contributed by atoms with Crippen LogP contribution in [0, 0.1) is 0 Å². The second-order valence-corrected chi connectivity index (χ2v) is 9.15. The van der Waals surface area contributed by atoms with Crippen LogP contribution in [0.2, 0.25) is 0 Å². The van der Waals surface area contributed by atoms with Crippen LogP contribution < -0.4 is 0 Å². The lowest BCUT2D eigenvalue weighted by molar-refractivity contribution is -0.258. The lowest BCUT2D eigenvalue weighted by atomic mass is 9.78. The van der Waals surface area contributed by atoms with Gasteiger partial charge in [-0.15, -0.1) is 0 Å². The summed E-state index contributed by atoms with van der Waals surface area (Å²) in [5.74, 6) is -0.248. The largest absolute Gasteiger partial charge is 0.421 e. The molecule has 0 unspecified atom stereocenters. The number of carbonyl (C=O) groups is 1. The molecule has 2 aromatic rings. The molecule has 7 heteroatoms. The zero-order chi connectivity index (χ0) is 23.1. The van der Waals surface area contributed by atoms with Crippen molar-refractivity contribution in [2.24, 2.45) is 0 Å². The van der Waals surface area contributed by atoms with Gasteiger partial charge in [-0.1, -0.05) is 42.5 Å². The normalized spacial score (nSPS) is 25.8. The van der Waals surface area contributed by atoms with Crippen molar-refractivity contribution in [2.75, 3.05) is 0 Å². The van der Waals surface area contributed by atoms with Gasteiger partial charge in [0.2, 0.25) is 0 Å². The maximum Gasteiger partial charge on any atom is 0.421 e. The molecule has 0 heterocycles. The van der Waals surface area contributed by atoms with Crippen LogP contribution in [-0.2, 0) is 11.3 Å². The van der Waals surface area contributed by atoms with Gasteiger partial charge in [0.05, 0.1) is 0 Å². The summed E-state index contributed by atoms with van der Waals surface area (Å²) in [6.07, 6.45) is -1.34. The van der Waals surface area contributed by atoms with Gasteiger partial charge >= 0.3 is 6.18 Å². The molecule has 0 spiro atoms. The number of hydrogen-bond donors (Lipinski definition) is 1. The first-order valence-corrected chi connectivity index (χ1v) is 11.0. The first kappa shape index (κ1) is 22.8. The van der Waals surface area contributed by atoms with Crippen LogP contribution in [-0.4, -0.2) is 34.2 Å². The van der Waals surface area contributed by atoms with Crippen molar-refractivity contribution in [3.63, 3.8) is 0 Å². The molecule has 0 radical (unpaired) electrons. The van der Waals surface area contributed by atoms with E-state index in [0.717, 1.165) is 25.0 Å². The van der Waals surface area contributed by atoms with Crippen LogP contribution >= 0.6 is 0 Å².